The SMILES string of the molecule is CSCC(C)NS(=O)(=O)c1ccc(CNC2CC2)cn1. The molecule has 0 amide bonds. The van der Waals surface area contributed by atoms with E-state index in [9.17, 15) is 8.42 Å². The Morgan fingerprint density at radius 3 is 2.75 bits per heavy atom. The number of thioether (sulfide) groups is 1. The number of pyridine rings is 1. The number of hydrogen-bond acceptors (Lipinski definition) is 5. The summed E-state index contributed by atoms with van der Waals surface area (Å²) in [6.45, 7) is 2.59. The molecule has 0 saturated heterocycles. The van der Waals surface area contributed by atoms with Crippen molar-refractivity contribution in [3.63, 3.8) is 0 Å². The summed E-state index contributed by atoms with van der Waals surface area (Å²) in [5.74, 6) is 0.739. The summed E-state index contributed by atoms with van der Waals surface area (Å²) < 4.78 is 26.8. The molecule has 0 aromatic carbocycles. The summed E-state index contributed by atoms with van der Waals surface area (Å²) in [6.07, 6.45) is 6.04. The first-order valence-corrected chi connectivity index (χ1v) is 9.58. The molecule has 1 saturated carbocycles. The molecular formula is C13H21N3O2S2. The van der Waals surface area contributed by atoms with Gasteiger partial charge in [0, 0.05) is 30.6 Å². The third-order valence-electron chi connectivity index (χ3n) is 3.02. The van der Waals surface area contributed by atoms with E-state index in [-0.39, 0.29) is 11.1 Å². The Morgan fingerprint density at radius 2 is 2.20 bits per heavy atom. The van der Waals surface area contributed by atoms with Gasteiger partial charge in [0.05, 0.1) is 0 Å². The van der Waals surface area contributed by atoms with Gasteiger partial charge in [-0.25, -0.2) is 18.1 Å². The molecule has 0 spiro atoms. The van der Waals surface area contributed by atoms with Gasteiger partial charge in [0.1, 0.15) is 0 Å². The Hall–Kier alpha value is -0.630. The topological polar surface area (TPSA) is 71.1 Å². The van der Waals surface area contributed by atoms with Gasteiger partial charge in [0.15, 0.2) is 5.03 Å². The molecule has 1 aliphatic carbocycles. The van der Waals surface area contributed by atoms with Gasteiger partial charge < -0.3 is 5.32 Å². The molecule has 20 heavy (non-hydrogen) atoms. The molecule has 0 aliphatic heterocycles. The number of hydrogen-bond donors (Lipinski definition) is 2. The predicted molar refractivity (Wildman–Crippen MR) is 82.3 cm³/mol. The van der Waals surface area contributed by atoms with Crippen molar-refractivity contribution in [2.24, 2.45) is 0 Å². The van der Waals surface area contributed by atoms with Crippen molar-refractivity contribution >= 4 is 21.8 Å². The maximum absolute atomic E-state index is 12.1. The van der Waals surface area contributed by atoms with Crippen LogP contribution in [0.3, 0.4) is 0 Å². The smallest absolute Gasteiger partial charge is 0.258 e. The molecule has 0 radical (unpaired) electrons. The lowest BCUT2D eigenvalue weighted by Gasteiger charge is -2.12. The van der Waals surface area contributed by atoms with Crippen molar-refractivity contribution in [2.45, 2.75) is 43.4 Å². The molecule has 0 bridgehead atoms. The number of sulfonamides is 1. The van der Waals surface area contributed by atoms with Crippen LogP contribution in [-0.2, 0) is 16.6 Å². The Labute approximate surface area is 125 Å². The summed E-state index contributed by atoms with van der Waals surface area (Å²) in [6, 6.07) is 3.91. The number of nitrogens with zero attached hydrogens (tertiary/aromatic N) is 1. The Kier molecular flexibility index (Phi) is 5.42. The predicted octanol–water partition coefficient (Wildman–Crippen LogP) is 1.36. The minimum atomic E-state index is -3.51. The van der Waals surface area contributed by atoms with Crippen LogP contribution in [0.1, 0.15) is 25.3 Å². The zero-order valence-corrected chi connectivity index (χ0v) is 13.4. The molecule has 1 atom stereocenters. The summed E-state index contributed by atoms with van der Waals surface area (Å²) in [4.78, 5) is 4.06. The van der Waals surface area contributed by atoms with Gasteiger partial charge in [-0.15, -0.1) is 0 Å². The highest BCUT2D eigenvalue weighted by atomic mass is 32.2. The van der Waals surface area contributed by atoms with Gasteiger partial charge in [-0.2, -0.15) is 11.8 Å². The molecule has 1 unspecified atom stereocenters. The van der Waals surface area contributed by atoms with Crippen molar-refractivity contribution in [1.29, 1.82) is 0 Å². The minimum Gasteiger partial charge on any atom is -0.310 e. The Morgan fingerprint density at radius 1 is 1.45 bits per heavy atom. The van der Waals surface area contributed by atoms with E-state index in [0.717, 1.165) is 17.9 Å². The highest BCUT2D eigenvalue weighted by Gasteiger charge is 2.21. The van der Waals surface area contributed by atoms with Crippen molar-refractivity contribution < 1.29 is 8.42 Å². The zero-order valence-electron chi connectivity index (χ0n) is 11.8. The van der Waals surface area contributed by atoms with Crippen LogP contribution in [0.15, 0.2) is 23.4 Å². The maximum Gasteiger partial charge on any atom is 0.258 e. The molecule has 1 aromatic rings. The van der Waals surface area contributed by atoms with E-state index in [1.807, 2.05) is 19.2 Å². The zero-order chi connectivity index (χ0) is 14.6. The first-order chi connectivity index (χ1) is 9.51. The van der Waals surface area contributed by atoms with Crippen LogP contribution in [0.2, 0.25) is 0 Å². The molecule has 5 nitrogen and oxygen atoms in total. The van der Waals surface area contributed by atoms with E-state index in [1.165, 1.54) is 12.8 Å². The molecule has 1 aromatic heterocycles. The van der Waals surface area contributed by atoms with Crippen LogP contribution in [-0.4, -0.2) is 37.5 Å². The van der Waals surface area contributed by atoms with E-state index >= 15 is 0 Å². The third-order valence-corrected chi connectivity index (χ3v) is 5.36. The molecule has 1 heterocycles. The highest BCUT2D eigenvalue weighted by molar-refractivity contribution is 7.98. The average molecular weight is 315 g/mol. The van der Waals surface area contributed by atoms with E-state index in [0.29, 0.717) is 6.04 Å². The fourth-order valence-corrected chi connectivity index (χ4v) is 3.69. The van der Waals surface area contributed by atoms with Gasteiger partial charge in [0.2, 0.25) is 0 Å². The molecule has 112 valence electrons. The lowest BCUT2D eigenvalue weighted by molar-refractivity contribution is 0.567. The molecule has 2 rings (SSSR count). The highest BCUT2D eigenvalue weighted by Crippen LogP contribution is 2.19. The molecule has 1 fully saturated rings. The van der Waals surface area contributed by atoms with Gasteiger partial charge in [-0.3, -0.25) is 0 Å². The normalized spacial score (nSPS) is 17.1. The van der Waals surface area contributed by atoms with Crippen LogP contribution in [0.5, 0.6) is 0 Å². The maximum atomic E-state index is 12.1. The summed E-state index contributed by atoms with van der Waals surface area (Å²) >= 11 is 1.61. The largest absolute Gasteiger partial charge is 0.310 e. The second-order valence-electron chi connectivity index (χ2n) is 5.14. The van der Waals surface area contributed by atoms with Gasteiger partial charge in [-0.1, -0.05) is 6.07 Å². The second-order valence-corrected chi connectivity index (χ2v) is 7.71. The van der Waals surface area contributed by atoms with Crippen LogP contribution in [0, 0.1) is 0 Å². The van der Waals surface area contributed by atoms with Crippen LogP contribution in [0.4, 0.5) is 0 Å². The molecule has 7 heteroatoms. The summed E-state index contributed by atoms with van der Waals surface area (Å²) in [5, 5.41) is 3.46. The summed E-state index contributed by atoms with van der Waals surface area (Å²) in [7, 11) is -3.51. The van der Waals surface area contributed by atoms with E-state index in [1.54, 1.807) is 24.0 Å². The third kappa shape index (κ3) is 4.73. The van der Waals surface area contributed by atoms with E-state index < -0.39 is 10.0 Å². The lowest BCUT2D eigenvalue weighted by atomic mass is 10.3. The number of nitrogens with one attached hydrogen (secondary N) is 2. The Bertz CT molecular complexity index is 527. The molecule has 2 N–H and O–H groups in total. The van der Waals surface area contributed by atoms with Crippen LogP contribution >= 0.6 is 11.8 Å². The minimum absolute atomic E-state index is 0.0839. The standard InChI is InChI=1S/C13H21N3O2S2/c1-10(9-19-2)16-20(17,18)13-6-3-11(8-15-13)7-14-12-4-5-12/h3,6,8,10,12,14,16H,4-5,7,9H2,1-2H3. The van der Waals surface area contributed by atoms with Crippen LogP contribution < -0.4 is 10.0 Å². The van der Waals surface area contributed by atoms with E-state index in [2.05, 4.69) is 15.0 Å². The van der Waals surface area contributed by atoms with Crippen LogP contribution in [0.25, 0.3) is 0 Å². The Balaban J connectivity index is 1.96. The quantitative estimate of drug-likeness (QED) is 0.758. The number of aromatic nitrogens is 1. The van der Waals surface area contributed by atoms with Gasteiger partial charge >= 0.3 is 0 Å². The number of rotatable bonds is 8. The average Bonchev–Trinajstić information content (AvgIpc) is 3.20. The fourth-order valence-electron chi connectivity index (χ4n) is 1.83. The lowest BCUT2D eigenvalue weighted by Crippen LogP contribution is -2.34. The molecule has 1 aliphatic rings. The van der Waals surface area contributed by atoms with Crippen molar-refractivity contribution in [1.82, 2.24) is 15.0 Å². The van der Waals surface area contributed by atoms with Gasteiger partial charge in [0.25, 0.3) is 10.0 Å². The van der Waals surface area contributed by atoms with Crippen molar-refractivity contribution in [3.05, 3.63) is 23.9 Å². The van der Waals surface area contributed by atoms with E-state index in [4.69, 9.17) is 0 Å². The van der Waals surface area contributed by atoms with Crippen molar-refractivity contribution in [3.8, 4) is 0 Å². The fraction of sp³-hybridized carbons (Fsp3) is 0.615. The summed E-state index contributed by atoms with van der Waals surface area (Å²) in [5.41, 5.74) is 1.01. The van der Waals surface area contributed by atoms with Gasteiger partial charge in [-0.05, 0) is 37.7 Å². The first kappa shape index (κ1) is 15.8. The second kappa shape index (κ2) is 6.89. The first-order valence-electron chi connectivity index (χ1n) is 6.71. The van der Waals surface area contributed by atoms with Crippen molar-refractivity contribution in [2.75, 3.05) is 12.0 Å². The monoisotopic (exact) mass is 315 g/mol. The molecular weight excluding hydrogens is 294 g/mol.